The van der Waals surface area contributed by atoms with E-state index >= 15 is 0 Å². The minimum absolute atomic E-state index is 0.0917. The number of carbonyl (C=O) groups is 4. The van der Waals surface area contributed by atoms with Crippen molar-refractivity contribution >= 4 is 45.8 Å². The molecule has 3 rings (SSSR count). The average Bonchev–Trinajstić information content (AvgIpc) is 3.24. The van der Waals surface area contributed by atoms with Gasteiger partial charge >= 0.3 is 5.97 Å². The summed E-state index contributed by atoms with van der Waals surface area (Å²) in [4.78, 5) is 52.9. The second-order valence-corrected chi connectivity index (χ2v) is 6.62. The molecule has 3 amide bonds. The summed E-state index contributed by atoms with van der Waals surface area (Å²) in [7, 11) is 1.39. The van der Waals surface area contributed by atoms with E-state index in [0.29, 0.717) is 17.4 Å². The van der Waals surface area contributed by atoms with Gasteiger partial charge in [-0.25, -0.2) is 9.78 Å². The first-order valence-electron chi connectivity index (χ1n) is 8.14. The number of nitrogens with one attached hydrogen (secondary N) is 2. The SMILES string of the molecule is C=CCNc1nc(C(=O)OCC(=O)Nc2ccc3c(c2)C(=O)N(C)C3=O)cs1. The fraction of sp³-hybridized carbons (Fsp3) is 0.167. The van der Waals surface area contributed by atoms with Crippen LogP contribution in [0.5, 0.6) is 0 Å². The van der Waals surface area contributed by atoms with Crippen molar-refractivity contribution in [3.63, 3.8) is 0 Å². The number of thiazole rings is 1. The number of amides is 3. The van der Waals surface area contributed by atoms with Crippen molar-refractivity contribution in [2.24, 2.45) is 0 Å². The number of nitrogens with zero attached hydrogens (tertiary/aromatic N) is 2. The van der Waals surface area contributed by atoms with Crippen LogP contribution in [0.15, 0.2) is 36.2 Å². The number of fused-ring (bicyclic) bond motifs is 1. The molecule has 10 heteroatoms. The number of benzene rings is 1. The van der Waals surface area contributed by atoms with Crippen molar-refractivity contribution < 1.29 is 23.9 Å². The molecular weight excluding hydrogens is 384 g/mol. The average molecular weight is 400 g/mol. The number of hydrogen-bond donors (Lipinski definition) is 2. The molecule has 0 radical (unpaired) electrons. The highest BCUT2D eigenvalue weighted by Gasteiger charge is 2.32. The molecule has 0 atom stereocenters. The number of anilines is 2. The third-order valence-corrected chi connectivity index (χ3v) is 4.62. The molecule has 28 heavy (non-hydrogen) atoms. The molecule has 1 aromatic carbocycles. The fourth-order valence-electron chi connectivity index (χ4n) is 2.45. The topological polar surface area (TPSA) is 118 Å². The lowest BCUT2D eigenvalue weighted by molar-refractivity contribution is -0.119. The maximum Gasteiger partial charge on any atom is 0.358 e. The second kappa shape index (κ2) is 8.01. The molecular formula is C18H16N4O5S. The highest BCUT2D eigenvalue weighted by Crippen LogP contribution is 2.24. The maximum atomic E-state index is 12.0. The van der Waals surface area contributed by atoms with Crippen LogP contribution >= 0.6 is 11.3 Å². The summed E-state index contributed by atoms with van der Waals surface area (Å²) >= 11 is 1.23. The van der Waals surface area contributed by atoms with Gasteiger partial charge in [0.15, 0.2) is 17.4 Å². The van der Waals surface area contributed by atoms with Crippen molar-refractivity contribution in [3.8, 4) is 0 Å². The first kappa shape index (κ1) is 19.2. The van der Waals surface area contributed by atoms with Gasteiger partial charge in [0.05, 0.1) is 11.1 Å². The lowest BCUT2D eigenvalue weighted by Gasteiger charge is -2.06. The van der Waals surface area contributed by atoms with Crippen LogP contribution in [0.25, 0.3) is 0 Å². The minimum Gasteiger partial charge on any atom is -0.451 e. The van der Waals surface area contributed by atoms with Gasteiger partial charge in [-0.15, -0.1) is 17.9 Å². The van der Waals surface area contributed by atoms with E-state index in [1.807, 2.05) is 0 Å². The first-order chi connectivity index (χ1) is 13.4. The second-order valence-electron chi connectivity index (χ2n) is 5.76. The molecule has 144 valence electrons. The highest BCUT2D eigenvalue weighted by atomic mass is 32.1. The van der Waals surface area contributed by atoms with Gasteiger partial charge in [-0.2, -0.15) is 0 Å². The van der Waals surface area contributed by atoms with E-state index in [4.69, 9.17) is 4.74 Å². The summed E-state index contributed by atoms with van der Waals surface area (Å²) in [6.07, 6.45) is 1.66. The fourth-order valence-corrected chi connectivity index (χ4v) is 3.14. The minimum atomic E-state index is -0.727. The summed E-state index contributed by atoms with van der Waals surface area (Å²) in [5.41, 5.74) is 0.903. The normalized spacial score (nSPS) is 12.5. The van der Waals surface area contributed by atoms with Crippen LogP contribution in [0.4, 0.5) is 10.8 Å². The maximum absolute atomic E-state index is 12.0. The number of rotatable bonds is 7. The number of imide groups is 1. The third kappa shape index (κ3) is 3.91. The van der Waals surface area contributed by atoms with Gasteiger partial charge in [-0.1, -0.05) is 6.08 Å². The van der Waals surface area contributed by atoms with E-state index in [0.717, 1.165) is 4.90 Å². The molecule has 1 aromatic heterocycles. The van der Waals surface area contributed by atoms with E-state index in [2.05, 4.69) is 22.2 Å². The van der Waals surface area contributed by atoms with Gasteiger partial charge < -0.3 is 15.4 Å². The summed E-state index contributed by atoms with van der Waals surface area (Å²) < 4.78 is 4.94. The Morgan fingerprint density at radius 1 is 1.29 bits per heavy atom. The summed E-state index contributed by atoms with van der Waals surface area (Å²) in [5, 5.41) is 7.53. The lowest BCUT2D eigenvalue weighted by atomic mass is 10.1. The van der Waals surface area contributed by atoms with E-state index in [1.165, 1.54) is 42.0 Å². The Bertz CT molecular complexity index is 984. The Balaban J connectivity index is 1.56. The number of esters is 1. The Kier molecular flexibility index (Phi) is 5.50. The predicted octanol–water partition coefficient (Wildman–Crippen LogP) is 1.76. The van der Waals surface area contributed by atoms with Gasteiger partial charge in [0.1, 0.15) is 0 Å². The molecule has 0 saturated heterocycles. The van der Waals surface area contributed by atoms with Crippen LogP contribution in [0.3, 0.4) is 0 Å². The predicted molar refractivity (Wildman–Crippen MR) is 103 cm³/mol. The summed E-state index contributed by atoms with van der Waals surface area (Å²) in [6.45, 7) is 3.56. The third-order valence-electron chi connectivity index (χ3n) is 3.82. The first-order valence-corrected chi connectivity index (χ1v) is 9.02. The summed E-state index contributed by atoms with van der Waals surface area (Å²) in [6, 6.07) is 4.38. The molecule has 0 bridgehead atoms. The molecule has 0 spiro atoms. The number of hydrogen-bond acceptors (Lipinski definition) is 8. The standard InChI is InChI=1S/C18H16N4O5S/c1-3-6-19-18-21-13(9-28-18)17(26)27-8-14(23)20-10-4-5-11-12(7-10)16(25)22(2)15(11)24/h3-5,7,9H,1,6,8H2,2H3,(H,19,21)(H,20,23). The van der Waals surface area contributed by atoms with Gasteiger partial charge in [-0.3, -0.25) is 19.3 Å². The van der Waals surface area contributed by atoms with Crippen LogP contribution in [0.2, 0.25) is 0 Å². The van der Waals surface area contributed by atoms with Crippen molar-refractivity contribution in [3.05, 3.63) is 53.1 Å². The number of aromatic nitrogens is 1. The molecule has 0 aliphatic carbocycles. The van der Waals surface area contributed by atoms with Crippen LogP contribution in [-0.4, -0.2) is 53.8 Å². The Morgan fingerprint density at radius 2 is 2.04 bits per heavy atom. The summed E-state index contributed by atoms with van der Waals surface area (Å²) in [5.74, 6) is -2.14. The lowest BCUT2D eigenvalue weighted by Crippen LogP contribution is -2.24. The number of ether oxygens (including phenoxy) is 1. The number of carbonyl (C=O) groups excluding carboxylic acids is 4. The van der Waals surface area contributed by atoms with E-state index in [9.17, 15) is 19.2 Å². The molecule has 2 N–H and O–H groups in total. The van der Waals surface area contributed by atoms with Gasteiger partial charge in [0.25, 0.3) is 17.7 Å². The zero-order valence-electron chi connectivity index (χ0n) is 14.9. The smallest absolute Gasteiger partial charge is 0.358 e. The van der Waals surface area contributed by atoms with Crippen molar-refractivity contribution in [1.82, 2.24) is 9.88 Å². The van der Waals surface area contributed by atoms with Crippen molar-refractivity contribution in [1.29, 1.82) is 0 Å². The van der Waals surface area contributed by atoms with Crippen molar-refractivity contribution in [2.45, 2.75) is 0 Å². The molecule has 9 nitrogen and oxygen atoms in total. The van der Waals surface area contributed by atoms with E-state index in [1.54, 1.807) is 6.08 Å². The van der Waals surface area contributed by atoms with Crippen LogP contribution in [-0.2, 0) is 9.53 Å². The molecule has 1 aliphatic heterocycles. The Labute approximate surface area is 164 Å². The quantitative estimate of drug-likeness (QED) is 0.413. The molecule has 0 fully saturated rings. The Morgan fingerprint density at radius 3 is 2.79 bits per heavy atom. The van der Waals surface area contributed by atoms with Gasteiger partial charge in [0, 0.05) is 24.7 Å². The van der Waals surface area contributed by atoms with Crippen molar-refractivity contribution in [2.75, 3.05) is 30.8 Å². The van der Waals surface area contributed by atoms with Crippen LogP contribution in [0, 0.1) is 0 Å². The monoisotopic (exact) mass is 400 g/mol. The zero-order valence-corrected chi connectivity index (χ0v) is 15.7. The van der Waals surface area contributed by atoms with Gasteiger partial charge in [-0.05, 0) is 18.2 Å². The van der Waals surface area contributed by atoms with Gasteiger partial charge in [0.2, 0.25) is 0 Å². The molecule has 0 saturated carbocycles. The van der Waals surface area contributed by atoms with Crippen LogP contribution in [0.1, 0.15) is 31.2 Å². The largest absolute Gasteiger partial charge is 0.451 e. The molecule has 0 unspecified atom stereocenters. The van der Waals surface area contributed by atoms with E-state index in [-0.39, 0.29) is 16.8 Å². The molecule has 2 heterocycles. The highest BCUT2D eigenvalue weighted by molar-refractivity contribution is 7.13. The molecule has 1 aliphatic rings. The van der Waals surface area contributed by atoms with E-state index < -0.39 is 30.3 Å². The zero-order chi connectivity index (χ0) is 20.3. The van der Waals surface area contributed by atoms with Crippen LogP contribution < -0.4 is 10.6 Å². The Hall–Kier alpha value is -3.53. The molecule has 2 aromatic rings.